The monoisotopic (exact) mass is 600 g/mol. The normalized spacial score (nSPS) is 9.50. The van der Waals surface area contributed by atoms with E-state index in [9.17, 15) is 4.79 Å². The summed E-state index contributed by atoms with van der Waals surface area (Å²) < 4.78 is 4.16. The van der Waals surface area contributed by atoms with Crippen LogP contribution in [0.15, 0.2) is 66.7 Å². The van der Waals surface area contributed by atoms with E-state index >= 15 is 0 Å². The molecule has 0 radical (unpaired) electrons. The standard InChI is InChI=1S/C21H17N5.C3H7NO.2NO3.Zn/c1-25-18-12-5-3-8-14(18)23-20(25)16-10-7-11-17(22-16)21-24-15-9-4-6-13-19(15)26(21)2;1-4(2)3-5;2*2-1(3)4;/h3-13H,1-2H3;3H,1-2H3;;;/q;;2*-1;+2. The maximum atomic E-state index is 9.43. The number of amides is 1. The van der Waals surface area contributed by atoms with Crippen molar-refractivity contribution in [2.45, 2.75) is 0 Å². The van der Waals surface area contributed by atoms with Gasteiger partial charge >= 0.3 is 19.5 Å². The second-order valence-corrected chi connectivity index (χ2v) is 7.89. The average molecular weight is 602 g/mol. The maximum absolute atomic E-state index is 9.43. The summed E-state index contributed by atoms with van der Waals surface area (Å²) in [6.45, 7) is 0. The SMILES string of the molecule is CN(C)C=O.Cn1c(-c2cccc(-c3nc4ccccc4n3C)n2)nc2ccccc21.O=[N+]([O-])[O-].O=[N+]([O-])[O-].[Zn+2]. The van der Waals surface area contributed by atoms with E-state index < -0.39 is 10.2 Å². The molecular weight excluding hydrogens is 578 g/mol. The number of nitrogens with zero attached hydrogens (tertiary/aromatic N) is 8. The Morgan fingerprint density at radius 1 is 0.675 bits per heavy atom. The van der Waals surface area contributed by atoms with Crippen LogP contribution in [-0.4, -0.2) is 59.7 Å². The summed E-state index contributed by atoms with van der Waals surface area (Å²) in [6, 6.07) is 22.2. The maximum Gasteiger partial charge on any atom is 2.00 e. The molecule has 0 atom stereocenters. The van der Waals surface area contributed by atoms with Crippen LogP contribution in [0.1, 0.15) is 0 Å². The van der Waals surface area contributed by atoms with E-state index in [0.29, 0.717) is 0 Å². The fraction of sp³-hybridized carbons (Fsp3) is 0.167. The topological polar surface area (TPSA) is 201 Å². The van der Waals surface area contributed by atoms with Gasteiger partial charge in [0, 0.05) is 28.2 Å². The third-order valence-electron chi connectivity index (χ3n) is 4.99. The molecule has 0 aliphatic rings. The van der Waals surface area contributed by atoms with Crippen molar-refractivity contribution in [2.75, 3.05) is 14.1 Å². The van der Waals surface area contributed by atoms with Crippen LogP contribution in [0.25, 0.3) is 45.1 Å². The second kappa shape index (κ2) is 15.4. The molecule has 0 aliphatic carbocycles. The number of pyridine rings is 1. The summed E-state index contributed by atoms with van der Waals surface area (Å²) in [5.74, 6) is 1.71. The molecule has 0 unspecified atom stereocenters. The van der Waals surface area contributed by atoms with E-state index in [-0.39, 0.29) is 19.5 Å². The van der Waals surface area contributed by atoms with Crippen LogP contribution >= 0.6 is 0 Å². The van der Waals surface area contributed by atoms with Crippen LogP contribution in [-0.2, 0) is 38.4 Å². The number of benzene rings is 2. The van der Waals surface area contributed by atoms with Gasteiger partial charge in [0.1, 0.15) is 11.4 Å². The van der Waals surface area contributed by atoms with Crippen molar-refractivity contribution in [2.24, 2.45) is 14.1 Å². The molecule has 16 heteroatoms. The Morgan fingerprint density at radius 2 is 1.00 bits per heavy atom. The van der Waals surface area contributed by atoms with E-state index in [1.807, 2.05) is 68.7 Å². The minimum Gasteiger partial charge on any atom is -0.356 e. The van der Waals surface area contributed by atoms with Crippen molar-refractivity contribution in [1.82, 2.24) is 29.0 Å². The van der Waals surface area contributed by atoms with E-state index in [1.165, 1.54) is 4.90 Å². The van der Waals surface area contributed by atoms with Crippen molar-refractivity contribution in [3.8, 4) is 23.0 Å². The Morgan fingerprint density at radius 3 is 1.30 bits per heavy atom. The van der Waals surface area contributed by atoms with Crippen LogP contribution in [0, 0.1) is 30.6 Å². The van der Waals surface area contributed by atoms with E-state index in [4.69, 9.17) is 45.6 Å². The fourth-order valence-electron chi connectivity index (χ4n) is 3.43. The van der Waals surface area contributed by atoms with Crippen LogP contribution < -0.4 is 0 Å². The molecule has 5 rings (SSSR count). The molecule has 1 amide bonds. The molecule has 3 aromatic heterocycles. The number of carbonyl (C=O) groups is 1. The quantitative estimate of drug-likeness (QED) is 0.128. The second-order valence-electron chi connectivity index (χ2n) is 7.89. The summed E-state index contributed by atoms with van der Waals surface area (Å²) in [7, 11) is 7.42. The molecule has 15 nitrogen and oxygen atoms in total. The predicted molar refractivity (Wildman–Crippen MR) is 144 cm³/mol. The van der Waals surface area contributed by atoms with Crippen molar-refractivity contribution in [3.63, 3.8) is 0 Å². The molecule has 204 valence electrons. The van der Waals surface area contributed by atoms with Crippen molar-refractivity contribution in [1.29, 1.82) is 0 Å². The van der Waals surface area contributed by atoms with Gasteiger partial charge in [-0.3, -0.25) is 4.79 Å². The van der Waals surface area contributed by atoms with Gasteiger partial charge in [-0.25, -0.2) is 15.0 Å². The molecule has 40 heavy (non-hydrogen) atoms. The molecular formula is C24H24N8O7Zn. The molecule has 2 aromatic carbocycles. The summed E-state index contributed by atoms with van der Waals surface area (Å²) in [5.41, 5.74) is 5.82. The Bertz CT molecular complexity index is 1470. The van der Waals surface area contributed by atoms with Gasteiger partial charge in [-0.1, -0.05) is 30.3 Å². The number of fused-ring (bicyclic) bond motifs is 2. The molecule has 0 bridgehead atoms. The van der Waals surface area contributed by atoms with Gasteiger partial charge in [0.15, 0.2) is 11.6 Å². The van der Waals surface area contributed by atoms with E-state index in [1.54, 1.807) is 14.1 Å². The van der Waals surface area contributed by atoms with Crippen molar-refractivity contribution < 1.29 is 34.4 Å². The van der Waals surface area contributed by atoms with Gasteiger partial charge in [-0.05, 0) is 36.4 Å². The molecule has 0 spiro atoms. The van der Waals surface area contributed by atoms with Crippen LogP contribution in [0.3, 0.4) is 0 Å². The third kappa shape index (κ3) is 9.09. The van der Waals surface area contributed by atoms with Gasteiger partial charge in [-0.15, -0.1) is 0 Å². The summed E-state index contributed by atoms with van der Waals surface area (Å²) in [5, 5.41) is 29.5. The van der Waals surface area contributed by atoms with Gasteiger partial charge in [0.05, 0.1) is 32.2 Å². The first-order valence-corrected chi connectivity index (χ1v) is 11.0. The van der Waals surface area contributed by atoms with Crippen LogP contribution in [0.4, 0.5) is 0 Å². The number of hydrogen-bond donors (Lipinski definition) is 0. The molecule has 3 heterocycles. The van der Waals surface area contributed by atoms with E-state index in [2.05, 4.69) is 21.3 Å². The first-order chi connectivity index (χ1) is 18.5. The first kappa shape index (κ1) is 33.1. The van der Waals surface area contributed by atoms with Gasteiger partial charge in [0.2, 0.25) is 6.41 Å². The molecule has 0 saturated carbocycles. The summed E-state index contributed by atoms with van der Waals surface area (Å²) in [4.78, 5) is 41.7. The molecule has 5 aromatic rings. The fourth-order valence-corrected chi connectivity index (χ4v) is 3.43. The molecule has 0 aliphatic heterocycles. The number of aryl methyl sites for hydroxylation is 2. The summed E-state index contributed by atoms with van der Waals surface area (Å²) in [6.07, 6.45) is 0.750. The van der Waals surface area contributed by atoms with Crippen molar-refractivity contribution in [3.05, 3.63) is 97.4 Å². The summed E-state index contributed by atoms with van der Waals surface area (Å²) >= 11 is 0. The number of rotatable bonds is 3. The number of carbonyl (C=O) groups excluding carboxylic acids is 1. The Labute approximate surface area is 240 Å². The Hall–Kier alpha value is -4.98. The molecule has 0 N–H and O–H groups in total. The first-order valence-electron chi connectivity index (χ1n) is 11.0. The zero-order chi connectivity index (χ0) is 29.1. The average Bonchev–Trinajstić information content (AvgIpc) is 3.41. The molecule has 0 saturated heterocycles. The Balaban J connectivity index is 0.000000485. The number of imidazole rings is 2. The number of hydrogen-bond acceptors (Lipinski definition) is 10. The minimum atomic E-state index is -1.75. The number of aromatic nitrogens is 5. The van der Waals surface area contributed by atoms with E-state index in [0.717, 1.165) is 51.5 Å². The zero-order valence-electron chi connectivity index (χ0n) is 22.1. The number of para-hydroxylation sites is 4. The smallest absolute Gasteiger partial charge is 0.356 e. The van der Waals surface area contributed by atoms with Gasteiger partial charge in [-0.2, -0.15) is 0 Å². The van der Waals surface area contributed by atoms with Crippen molar-refractivity contribution >= 4 is 28.5 Å². The third-order valence-corrected chi connectivity index (χ3v) is 4.99. The predicted octanol–water partition coefficient (Wildman–Crippen LogP) is 3.41. The molecule has 0 fully saturated rings. The Kier molecular flexibility index (Phi) is 12.8. The minimum absolute atomic E-state index is 0. The van der Waals surface area contributed by atoms with Crippen LogP contribution in [0.5, 0.6) is 0 Å². The van der Waals surface area contributed by atoms with Crippen LogP contribution in [0.2, 0.25) is 0 Å². The van der Waals surface area contributed by atoms with Gasteiger partial charge in [0.25, 0.3) is 0 Å². The van der Waals surface area contributed by atoms with Gasteiger partial charge < -0.3 is 44.7 Å². The largest absolute Gasteiger partial charge is 2.00 e. The zero-order valence-corrected chi connectivity index (χ0v) is 25.0.